The summed E-state index contributed by atoms with van der Waals surface area (Å²) in [6.07, 6.45) is 3.69. The molecule has 0 bridgehead atoms. The van der Waals surface area contributed by atoms with E-state index < -0.39 is 0 Å². The second kappa shape index (κ2) is 8.08. The summed E-state index contributed by atoms with van der Waals surface area (Å²) in [6.45, 7) is 4.69. The Morgan fingerprint density at radius 2 is 1.76 bits per heavy atom. The zero-order valence-electron chi connectivity index (χ0n) is 12.9. The third kappa shape index (κ3) is 5.80. The molecule has 21 heavy (non-hydrogen) atoms. The van der Waals surface area contributed by atoms with Crippen LogP contribution in [0.15, 0.2) is 30.3 Å². The molecule has 1 aromatic rings. The molecule has 0 atom stereocenters. The van der Waals surface area contributed by atoms with Gasteiger partial charge in [0.25, 0.3) is 0 Å². The van der Waals surface area contributed by atoms with Crippen LogP contribution in [0.2, 0.25) is 0 Å². The smallest absolute Gasteiger partial charge is 0.133 e. The summed E-state index contributed by atoms with van der Waals surface area (Å²) in [5, 5.41) is 0. The van der Waals surface area contributed by atoms with E-state index in [1.165, 1.54) is 5.56 Å². The summed E-state index contributed by atoms with van der Waals surface area (Å²) in [4.78, 5) is 25.2. The minimum atomic E-state index is 0.112. The molecular weight excluding hydrogens is 262 g/mol. The minimum absolute atomic E-state index is 0.112. The second-order valence-electron chi connectivity index (χ2n) is 6.15. The van der Waals surface area contributed by atoms with Crippen molar-refractivity contribution in [3.8, 4) is 0 Å². The van der Waals surface area contributed by atoms with Crippen LogP contribution in [0.4, 0.5) is 0 Å². The monoisotopic (exact) mass is 287 g/mol. The van der Waals surface area contributed by atoms with Gasteiger partial charge in [0.15, 0.2) is 0 Å². The second-order valence-corrected chi connectivity index (χ2v) is 6.15. The Kier molecular flexibility index (Phi) is 6.12. The van der Waals surface area contributed by atoms with Crippen molar-refractivity contribution in [2.45, 2.75) is 45.6 Å². The summed E-state index contributed by atoms with van der Waals surface area (Å²) in [5.74, 6) is 0.879. The fraction of sp³-hybridized carbons (Fsp3) is 0.556. The van der Waals surface area contributed by atoms with Gasteiger partial charge in [-0.3, -0.25) is 9.69 Å². The molecule has 2 rings (SSSR count). The van der Waals surface area contributed by atoms with Crippen LogP contribution in [0.1, 0.15) is 44.6 Å². The van der Waals surface area contributed by atoms with Gasteiger partial charge in [0, 0.05) is 25.8 Å². The van der Waals surface area contributed by atoms with E-state index in [1.54, 1.807) is 6.92 Å². The van der Waals surface area contributed by atoms with E-state index in [4.69, 9.17) is 0 Å². The van der Waals surface area contributed by atoms with Crippen molar-refractivity contribution < 1.29 is 9.59 Å². The highest BCUT2D eigenvalue weighted by Gasteiger charge is 2.21. The SMILES string of the molecule is CC(=O)CCC(=O)CC1CCN(Cc2ccccc2)CC1. The summed E-state index contributed by atoms with van der Waals surface area (Å²) in [5.41, 5.74) is 1.36. The van der Waals surface area contributed by atoms with Gasteiger partial charge < -0.3 is 4.79 Å². The van der Waals surface area contributed by atoms with Gasteiger partial charge >= 0.3 is 0 Å². The first-order valence-electron chi connectivity index (χ1n) is 7.91. The molecule has 114 valence electrons. The number of benzene rings is 1. The molecule has 1 fully saturated rings. The highest BCUT2D eigenvalue weighted by atomic mass is 16.1. The number of hydrogen-bond donors (Lipinski definition) is 0. The number of likely N-dealkylation sites (tertiary alicyclic amines) is 1. The topological polar surface area (TPSA) is 37.4 Å². The number of hydrogen-bond acceptors (Lipinski definition) is 3. The predicted octanol–water partition coefficient (Wildman–Crippen LogP) is 3.23. The molecule has 0 saturated carbocycles. The molecule has 0 amide bonds. The molecule has 1 aromatic carbocycles. The van der Waals surface area contributed by atoms with Crippen molar-refractivity contribution in [2.75, 3.05) is 13.1 Å². The van der Waals surface area contributed by atoms with Gasteiger partial charge in [0.1, 0.15) is 11.6 Å². The number of rotatable bonds is 7. The maximum absolute atomic E-state index is 11.8. The Hall–Kier alpha value is -1.48. The van der Waals surface area contributed by atoms with Gasteiger partial charge in [0.2, 0.25) is 0 Å². The molecule has 1 aliphatic rings. The Balaban J connectivity index is 1.68. The van der Waals surface area contributed by atoms with E-state index >= 15 is 0 Å². The average molecular weight is 287 g/mol. The predicted molar refractivity (Wildman–Crippen MR) is 84.0 cm³/mol. The number of carbonyl (C=O) groups excluding carboxylic acids is 2. The Labute approximate surface area is 127 Å². The average Bonchev–Trinajstić information content (AvgIpc) is 2.48. The number of Topliss-reactive ketones (excluding diaryl/α,β-unsaturated/α-hetero) is 2. The third-order valence-electron chi connectivity index (χ3n) is 4.23. The Morgan fingerprint density at radius 1 is 1.10 bits per heavy atom. The highest BCUT2D eigenvalue weighted by Crippen LogP contribution is 2.22. The first-order valence-corrected chi connectivity index (χ1v) is 7.91. The molecule has 0 unspecified atom stereocenters. The van der Waals surface area contributed by atoms with Crippen LogP contribution >= 0.6 is 0 Å². The Bertz CT molecular complexity index is 461. The molecule has 1 heterocycles. The quantitative estimate of drug-likeness (QED) is 0.772. The molecule has 0 aliphatic carbocycles. The summed E-state index contributed by atoms with van der Waals surface area (Å²) in [6, 6.07) is 10.5. The van der Waals surface area contributed by atoms with Crippen LogP contribution < -0.4 is 0 Å². The first-order chi connectivity index (χ1) is 10.1. The zero-order chi connectivity index (χ0) is 15.1. The molecule has 0 N–H and O–H groups in total. The number of piperidine rings is 1. The van der Waals surface area contributed by atoms with Crippen LogP contribution in [0, 0.1) is 5.92 Å². The summed E-state index contributed by atoms with van der Waals surface area (Å²) in [7, 11) is 0. The lowest BCUT2D eigenvalue weighted by Crippen LogP contribution is -2.33. The lowest BCUT2D eigenvalue weighted by atomic mass is 9.90. The van der Waals surface area contributed by atoms with Crippen molar-refractivity contribution >= 4 is 11.6 Å². The lowest BCUT2D eigenvalue weighted by Gasteiger charge is -2.31. The molecule has 0 radical (unpaired) electrons. The molecular formula is C18H25NO2. The molecule has 3 nitrogen and oxygen atoms in total. The fourth-order valence-electron chi connectivity index (χ4n) is 2.93. The van der Waals surface area contributed by atoms with E-state index in [0.717, 1.165) is 32.5 Å². The Morgan fingerprint density at radius 3 is 2.38 bits per heavy atom. The van der Waals surface area contributed by atoms with Crippen LogP contribution in [0.25, 0.3) is 0 Å². The van der Waals surface area contributed by atoms with E-state index in [2.05, 4.69) is 29.2 Å². The number of nitrogens with zero attached hydrogens (tertiary/aromatic N) is 1. The van der Waals surface area contributed by atoms with E-state index in [0.29, 0.717) is 25.2 Å². The van der Waals surface area contributed by atoms with Gasteiger partial charge in [0.05, 0.1) is 0 Å². The van der Waals surface area contributed by atoms with E-state index in [-0.39, 0.29) is 11.6 Å². The largest absolute Gasteiger partial charge is 0.300 e. The van der Waals surface area contributed by atoms with Crippen molar-refractivity contribution in [1.29, 1.82) is 0 Å². The summed E-state index contributed by atoms with van der Waals surface area (Å²) >= 11 is 0. The van der Waals surface area contributed by atoms with Gasteiger partial charge in [-0.05, 0) is 44.3 Å². The van der Waals surface area contributed by atoms with E-state index in [9.17, 15) is 9.59 Å². The molecule has 1 saturated heterocycles. The van der Waals surface area contributed by atoms with Crippen molar-refractivity contribution in [1.82, 2.24) is 4.90 Å². The van der Waals surface area contributed by atoms with Gasteiger partial charge in [-0.1, -0.05) is 30.3 Å². The van der Waals surface area contributed by atoms with Crippen LogP contribution in [0.5, 0.6) is 0 Å². The van der Waals surface area contributed by atoms with Gasteiger partial charge in [-0.25, -0.2) is 0 Å². The molecule has 0 aromatic heterocycles. The maximum atomic E-state index is 11.8. The first kappa shape index (κ1) is 15.9. The lowest BCUT2D eigenvalue weighted by molar-refractivity contribution is -0.124. The molecule has 0 spiro atoms. The third-order valence-corrected chi connectivity index (χ3v) is 4.23. The summed E-state index contributed by atoms with van der Waals surface area (Å²) < 4.78 is 0. The maximum Gasteiger partial charge on any atom is 0.133 e. The van der Waals surface area contributed by atoms with Crippen LogP contribution in [0.3, 0.4) is 0 Å². The molecule has 3 heteroatoms. The standard InChI is InChI=1S/C18H25NO2/c1-15(20)7-8-18(21)13-16-9-11-19(12-10-16)14-17-5-3-2-4-6-17/h2-6,16H,7-14H2,1H3. The minimum Gasteiger partial charge on any atom is -0.300 e. The van der Waals surface area contributed by atoms with Gasteiger partial charge in [-0.2, -0.15) is 0 Å². The number of ketones is 2. The fourth-order valence-corrected chi connectivity index (χ4v) is 2.93. The zero-order valence-corrected chi connectivity index (χ0v) is 12.9. The highest BCUT2D eigenvalue weighted by molar-refractivity contribution is 5.84. The van der Waals surface area contributed by atoms with Crippen molar-refractivity contribution in [2.24, 2.45) is 5.92 Å². The van der Waals surface area contributed by atoms with Gasteiger partial charge in [-0.15, -0.1) is 0 Å². The van der Waals surface area contributed by atoms with E-state index in [1.807, 2.05) is 6.07 Å². The van der Waals surface area contributed by atoms with Crippen LogP contribution in [-0.2, 0) is 16.1 Å². The molecule has 1 aliphatic heterocycles. The van der Waals surface area contributed by atoms with Crippen molar-refractivity contribution in [3.63, 3.8) is 0 Å². The van der Waals surface area contributed by atoms with Crippen LogP contribution in [-0.4, -0.2) is 29.6 Å². The number of carbonyl (C=O) groups is 2. The normalized spacial score (nSPS) is 16.8. The van der Waals surface area contributed by atoms with Crippen molar-refractivity contribution in [3.05, 3.63) is 35.9 Å².